The van der Waals surface area contributed by atoms with Gasteiger partial charge in [-0.15, -0.1) is 0 Å². The second-order valence-corrected chi connectivity index (χ2v) is 5.17. The van der Waals surface area contributed by atoms with Crippen molar-refractivity contribution in [3.05, 3.63) is 29.3 Å². The van der Waals surface area contributed by atoms with Gasteiger partial charge >= 0.3 is 12.1 Å². The Bertz CT molecular complexity index is 603. The molecule has 1 saturated heterocycles. The Labute approximate surface area is 130 Å². The molecule has 0 aliphatic carbocycles. The van der Waals surface area contributed by atoms with E-state index in [2.05, 4.69) is 0 Å². The Morgan fingerprint density at radius 2 is 2.18 bits per heavy atom. The standard InChI is InChI=1S/C14H14F3NO3S/c1-2-21-11-4-3-8(7-9(11)14(15,16)17)12(22)18-6-5-10(18)13(19)20/h3-4,7,10H,2,5-6H2,1H3,(H,19,20)/t10-/m1/s1. The van der Waals surface area contributed by atoms with E-state index >= 15 is 0 Å². The van der Waals surface area contributed by atoms with Crippen LogP contribution < -0.4 is 4.74 Å². The summed E-state index contributed by atoms with van der Waals surface area (Å²) in [5.41, 5.74) is -0.752. The van der Waals surface area contributed by atoms with Gasteiger partial charge in [0.2, 0.25) is 0 Å². The molecule has 1 atom stereocenters. The van der Waals surface area contributed by atoms with Crippen LogP contribution in [0.2, 0.25) is 0 Å². The Morgan fingerprint density at radius 1 is 1.50 bits per heavy atom. The van der Waals surface area contributed by atoms with Gasteiger partial charge in [0.15, 0.2) is 0 Å². The van der Waals surface area contributed by atoms with Crippen LogP contribution in [0.3, 0.4) is 0 Å². The molecule has 0 amide bonds. The summed E-state index contributed by atoms with van der Waals surface area (Å²) in [6.07, 6.45) is -4.14. The monoisotopic (exact) mass is 333 g/mol. The third-order valence-electron chi connectivity index (χ3n) is 3.40. The maximum atomic E-state index is 13.1. The van der Waals surface area contributed by atoms with Gasteiger partial charge in [-0.05, 0) is 31.5 Å². The predicted octanol–water partition coefficient (Wildman–Crippen LogP) is 2.94. The molecule has 0 unspecified atom stereocenters. The lowest BCUT2D eigenvalue weighted by Gasteiger charge is -2.40. The Kier molecular flexibility index (Phi) is 4.60. The smallest absolute Gasteiger partial charge is 0.419 e. The summed E-state index contributed by atoms with van der Waals surface area (Å²) >= 11 is 5.13. The highest BCUT2D eigenvalue weighted by Crippen LogP contribution is 2.37. The lowest BCUT2D eigenvalue weighted by molar-refractivity contribution is -0.145. The molecule has 8 heteroatoms. The fourth-order valence-electron chi connectivity index (χ4n) is 2.22. The van der Waals surface area contributed by atoms with Crippen LogP contribution in [0.1, 0.15) is 24.5 Å². The molecule has 0 saturated carbocycles. The number of ether oxygens (including phenoxy) is 1. The van der Waals surface area contributed by atoms with E-state index in [1.807, 2.05) is 0 Å². The van der Waals surface area contributed by atoms with Crippen molar-refractivity contribution in [1.82, 2.24) is 4.90 Å². The van der Waals surface area contributed by atoms with Crippen molar-refractivity contribution in [3.8, 4) is 5.75 Å². The minimum atomic E-state index is -4.57. The van der Waals surface area contributed by atoms with Crippen LogP contribution in [0, 0.1) is 0 Å². The van der Waals surface area contributed by atoms with Gasteiger partial charge in [-0.2, -0.15) is 13.2 Å². The van der Waals surface area contributed by atoms with E-state index in [1.165, 1.54) is 17.0 Å². The van der Waals surface area contributed by atoms with E-state index < -0.39 is 23.8 Å². The van der Waals surface area contributed by atoms with Crippen LogP contribution in [-0.2, 0) is 11.0 Å². The third-order valence-corrected chi connectivity index (χ3v) is 3.87. The van der Waals surface area contributed by atoms with E-state index in [1.54, 1.807) is 6.92 Å². The second-order valence-electron chi connectivity index (χ2n) is 4.78. The number of hydrogen-bond acceptors (Lipinski definition) is 3. The van der Waals surface area contributed by atoms with Gasteiger partial charge in [-0.25, -0.2) is 4.79 Å². The van der Waals surface area contributed by atoms with Crippen molar-refractivity contribution >= 4 is 23.2 Å². The molecule has 22 heavy (non-hydrogen) atoms. The van der Waals surface area contributed by atoms with Gasteiger partial charge in [0.25, 0.3) is 0 Å². The number of aliphatic carboxylic acids is 1. The summed E-state index contributed by atoms with van der Waals surface area (Å²) < 4.78 is 44.2. The first-order valence-electron chi connectivity index (χ1n) is 6.63. The highest BCUT2D eigenvalue weighted by atomic mass is 32.1. The zero-order valence-electron chi connectivity index (χ0n) is 11.7. The summed E-state index contributed by atoms with van der Waals surface area (Å²) in [5.74, 6) is -1.30. The number of rotatable bonds is 4. The van der Waals surface area contributed by atoms with Crippen molar-refractivity contribution < 1.29 is 27.8 Å². The molecule has 4 nitrogen and oxygen atoms in total. The van der Waals surface area contributed by atoms with E-state index in [4.69, 9.17) is 22.1 Å². The molecule has 1 fully saturated rings. The fraction of sp³-hybridized carbons (Fsp3) is 0.429. The maximum absolute atomic E-state index is 13.1. The van der Waals surface area contributed by atoms with Crippen LogP contribution in [0.4, 0.5) is 13.2 Å². The van der Waals surface area contributed by atoms with Crippen molar-refractivity contribution in [2.75, 3.05) is 13.2 Å². The first kappa shape index (κ1) is 16.5. The molecule has 1 heterocycles. The molecule has 0 spiro atoms. The quantitative estimate of drug-likeness (QED) is 0.859. The molecular formula is C14H14F3NO3S. The summed E-state index contributed by atoms with van der Waals surface area (Å²) in [5, 5.41) is 9.00. The number of carboxylic acids is 1. The van der Waals surface area contributed by atoms with Gasteiger partial charge in [0, 0.05) is 12.1 Å². The van der Waals surface area contributed by atoms with Gasteiger partial charge < -0.3 is 14.7 Å². The molecule has 120 valence electrons. The summed E-state index contributed by atoms with van der Waals surface area (Å²) in [7, 11) is 0. The SMILES string of the molecule is CCOc1ccc(C(=S)N2CC[C@@H]2C(=O)O)cc1C(F)(F)F. The topological polar surface area (TPSA) is 49.8 Å². The number of benzene rings is 1. The van der Waals surface area contributed by atoms with Crippen molar-refractivity contribution in [2.24, 2.45) is 0 Å². The number of nitrogens with zero attached hydrogens (tertiary/aromatic N) is 1. The molecular weight excluding hydrogens is 319 g/mol. The highest BCUT2D eigenvalue weighted by Gasteiger charge is 2.38. The zero-order valence-corrected chi connectivity index (χ0v) is 12.5. The van der Waals surface area contributed by atoms with Crippen LogP contribution in [0.5, 0.6) is 5.75 Å². The maximum Gasteiger partial charge on any atom is 0.419 e. The molecule has 2 rings (SSSR count). The summed E-state index contributed by atoms with van der Waals surface area (Å²) in [6, 6.07) is 2.77. The number of thiocarbonyl (C=S) groups is 1. The van der Waals surface area contributed by atoms with Crippen LogP contribution >= 0.6 is 12.2 Å². The van der Waals surface area contributed by atoms with Crippen molar-refractivity contribution in [2.45, 2.75) is 25.6 Å². The molecule has 1 aliphatic heterocycles. The van der Waals surface area contributed by atoms with Gasteiger partial charge in [-0.1, -0.05) is 12.2 Å². The van der Waals surface area contributed by atoms with E-state index in [9.17, 15) is 18.0 Å². The van der Waals surface area contributed by atoms with E-state index in [0.29, 0.717) is 13.0 Å². The van der Waals surface area contributed by atoms with Gasteiger partial charge in [0.1, 0.15) is 16.8 Å². The first-order valence-corrected chi connectivity index (χ1v) is 7.04. The minimum absolute atomic E-state index is 0.104. The number of carbonyl (C=O) groups is 1. The molecule has 0 radical (unpaired) electrons. The van der Waals surface area contributed by atoms with Crippen LogP contribution in [-0.4, -0.2) is 40.2 Å². The lowest BCUT2D eigenvalue weighted by Crippen LogP contribution is -2.54. The van der Waals surface area contributed by atoms with Crippen LogP contribution in [0.15, 0.2) is 18.2 Å². The Hall–Kier alpha value is -1.83. The average molecular weight is 333 g/mol. The summed E-state index contributed by atoms with van der Waals surface area (Å²) in [6.45, 7) is 2.13. The molecule has 1 N–H and O–H groups in total. The fourth-order valence-corrected chi connectivity index (χ4v) is 2.56. The zero-order chi connectivity index (χ0) is 16.5. The minimum Gasteiger partial charge on any atom is -0.493 e. The van der Waals surface area contributed by atoms with Crippen LogP contribution in [0.25, 0.3) is 0 Å². The Morgan fingerprint density at radius 3 is 2.64 bits per heavy atom. The van der Waals surface area contributed by atoms with Gasteiger partial charge in [0.05, 0.1) is 12.2 Å². The number of likely N-dealkylation sites (tertiary alicyclic amines) is 1. The molecule has 0 bridgehead atoms. The molecule has 0 aromatic heterocycles. The second kappa shape index (κ2) is 6.12. The lowest BCUT2D eigenvalue weighted by atomic mass is 10.0. The average Bonchev–Trinajstić information content (AvgIpc) is 2.36. The predicted molar refractivity (Wildman–Crippen MR) is 77.1 cm³/mol. The molecule has 1 aromatic rings. The van der Waals surface area contributed by atoms with E-state index in [0.717, 1.165) is 6.07 Å². The highest BCUT2D eigenvalue weighted by molar-refractivity contribution is 7.80. The number of halogens is 3. The first-order chi connectivity index (χ1) is 10.3. The number of carboxylic acid groups (broad SMARTS) is 1. The number of hydrogen-bond donors (Lipinski definition) is 1. The molecule has 1 aromatic carbocycles. The van der Waals surface area contributed by atoms with Crippen molar-refractivity contribution in [3.63, 3.8) is 0 Å². The third kappa shape index (κ3) is 3.16. The largest absolute Gasteiger partial charge is 0.493 e. The van der Waals surface area contributed by atoms with Gasteiger partial charge in [-0.3, -0.25) is 0 Å². The van der Waals surface area contributed by atoms with E-state index in [-0.39, 0.29) is 22.9 Å². The normalized spacial score (nSPS) is 17.8. The number of alkyl halides is 3. The Balaban J connectivity index is 2.32. The van der Waals surface area contributed by atoms with Crippen molar-refractivity contribution in [1.29, 1.82) is 0 Å². The molecule has 1 aliphatic rings. The summed E-state index contributed by atoms with van der Waals surface area (Å²) in [4.78, 5) is 12.5.